The van der Waals surface area contributed by atoms with E-state index in [1.54, 1.807) is 18.3 Å². The van der Waals surface area contributed by atoms with Crippen LogP contribution in [0.1, 0.15) is 25.8 Å². The fraction of sp³-hybridized carbons (Fsp3) is 0.273. The van der Waals surface area contributed by atoms with Crippen molar-refractivity contribution in [2.24, 2.45) is 5.73 Å². The molecule has 0 saturated heterocycles. The van der Waals surface area contributed by atoms with E-state index in [9.17, 15) is 4.79 Å². The molecule has 0 spiro atoms. The molecule has 0 amide bonds. The van der Waals surface area contributed by atoms with Gasteiger partial charge in [-0.2, -0.15) is 0 Å². The van der Waals surface area contributed by atoms with Gasteiger partial charge in [0.2, 0.25) is 0 Å². The van der Waals surface area contributed by atoms with E-state index in [2.05, 4.69) is 32.5 Å². The van der Waals surface area contributed by atoms with Gasteiger partial charge in [-0.15, -0.1) is 0 Å². The number of H-pyrrole nitrogens is 1. The first-order chi connectivity index (χ1) is 14.5. The normalized spacial score (nSPS) is 10.8. The quantitative estimate of drug-likeness (QED) is 0.467. The summed E-state index contributed by atoms with van der Waals surface area (Å²) in [7, 11) is 0. The first-order valence-corrected chi connectivity index (χ1v) is 9.82. The summed E-state index contributed by atoms with van der Waals surface area (Å²) in [6.45, 7) is 4.66. The Labute approximate surface area is 173 Å². The molecule has 4 aromatic rings. The van der Waals surface area contributed by atoms with Crippen molar-refractivity contribution in [2.75, 3.05) is 6.54 Å². The molecule has 4 N–H and O–H groups in total. The van der Waals surface area contributed by atoms with Crippen LogP contribution < -0.4 is 11.3 Å². The smallest absolute Gasteiger partial charge is 0.300 e. The van der Waals surface area contributed by atoms with E-state index in [0.29, 0.717) is 23.4 Å². The summed E-state index contributed by atoms with van der Waals surface area (Å²) < 4.78 is 2.19. The first-order valence-electron chi connectivity index (χ1n) is 9.82. The Morgan fingerprint density at radius 2 is 2.03 bits per heavy atom. The highest BCUT2D eigenvalue weighted by Gasteiger charge is 2.17. The van der Waals surface area contributed by atoms with Gasteiger partial charge in [0.25, 0.3) is 11.5 Å². The van der Waals surface area contributed by atoms with E-state index < -0.39 is 5.97 Å². The van der Waals surface area contributed by atoms with Gasteiger partial charge in [-0.3, -0.25) is 9.59 Å². The van der Waals surface area contributed by atoms with Crippen molar-refractivity contribution >= 4 is 28.0 Å². The summed E-state index contributed by atoms with van der Waals surface area (Å²) in [6, 6.07) is 9.80. The molecule has 0 bridgehead atoms. The second-order valence-corrected chi connectivity index (χ2v) is 6.85. The zero-order valence-electron chi connectivity index (χ0n) is 17.1. The largest absolute Gasteiger partial charge is 0.481 e. The molecular weight excluding hydrogens is 382 g/mol. The minimum Gasteiger partial charge on any atom is -0.481 e. The molecule has 0 atom stereocenters. The average Bonchev–Trinajstić information content (AvgIpc) is 3.10. The van der Waals surface area contributed by atoms with E-state index in [4.69, 9.17) is 15.6 Å². The van der Waals surface area contributed by atoms with Gasteiger partial charge in [-0.05, 0) is 37.1 Å². The maximum Gasteiger partial charge on any atom is 0.300 e. The molecule has 156 valence electrons. The molecule has 0 aliphatic heterocycles. The van der Waals surface area contributed by atoms with Crippen LogP contribution in [0.25, 0.3) is 33.3 Å². The number of rotatable bonds is 5. The predicted octanol–water partition coefficient (Wildman–Crippen LogP) is 2.94. The molecule has 4 rings (SSSR count). The van der Waals surface area contributed by atoms with Crippen molar-refractivity contribution in [3.05, 3.63) is 58.6 Å². The Bertz CT molecular complexity index is 1240. The Kier molecular flexibility index (Phi) is 6.58. The number of pyridine rings is 1. The monoisotopic (exact) mass is 407 g/mol. The van der Waals surface area contributed by atoms with Crippen molar-refractivity contribution in [2.45, 2.75) is 33.2 Å². The number of hydrogen-bond donors (Lipinski definition) is 3. The van der Waals surface area contributed by atoms with E-state index in [0.717, 1.165) is 42.8 Å². The molecule has 3 aromatic heterocycles. The summed E-state index contributed by atoms with van der Waals surface area (Å²) >= 11 is 0. The first kappa shape index (κ1) is 21.2. The number of hydrogen-bond acceptors (Lipinski definition) is 5. The molecule has 0 radical (unpaired) electrons. The highest BCUT2D eigenvalue weighted by atomic mass is 16.4. The lowest BCUT2D eigenvalue weighted by atomic mass is 10.1. The Balaban J connectivity index is 0.000000589. The van der Waals surface area contributed by atoms with Gasteiger partial charge >= 0.3 is 0 Å². The number of nitrogens with zero attached hydrogens (tertiary/aromatic N) is 3. The van der Waals surface area contributed by atoms with Crippen molar-refractivity contribution in [3.63, 3.8) is 0 Å². The van der Waals surface area contributed by atoms with Crippen LogP contribution in [0, 0.1) is 0 Å². The fourth-order valence-corrected chi connectivity index (χ4v) is 3.45. The molecule has 8 nitrogen and oxygen atoms in total. The Morgan fingerprint density at radius 1 is 1.27 bits per heavy atom. The predicted molar refractivity (Wildman–Crippen MR) is 117 cm³/mol. The third-order valence-electron chi connectivity index (χ3n) is 4.69. The number of benzene rings is 1. The lowest BCUT2D eigenvalue weighted by Gasteiger charge is -2.07. The zero-order valence-corrected chi connectivity index (χ0v) is 17.1. The molecule has 3 heterocycles. The number of para-hydroxylation sites is 1. The number of aromatic amines is 1. The van der Waals surface area contributed by atoms with Crippen molar-refractivity contribution in [3.8, 4) is 11.3 Å². The number of nitrogens with one attached hydrogen (secondary N) is 1. The minimum absolute atomic E-state index is 0.203. The van der Waals surface area contributed by atoms with Crippen molar-refractivity contribution in [1.29, 1.82) is 0 Å². The fourth-order valence-electron chi connectivity index (χ4n) is 3.45. The Hall–Kier alpha value is -3.52. The van der Waals surface area contributed by atoms with Gasteiger partial charge in [0.05, 0.1) is 11.0 Å². The van der Waals surface area contributed by atoms with Crippen LogP contribution in [-0.4, -0.2) is 37.1 Å². The Morgan fingerprint density at radius 3 is 2.73 bits per heavy atom. The molecule has 0 unspecified atom stereocenters. The van der Waals surface area contributed by atoms with E-state index >= 15 is 0 Å². The molecule has 1 aromatic carbocycles. The highest BCUT2D eigenvalue weighted by molar-refractivity contribution is 5.97. The van der Waals surface area contributed by atoms with Crippen LogP contribution in [-0.2, 0) is 17.8 Å². The number of carboxylic acids is 1. The number of carbonyl (C=O) groups is 1. The van der Waals surface area contributed by atoms with Gasteiger partial charge in [0.15, 0.2) is 5.65 Å². The molecule has 30 heavy (non-hydrogen) atoms. The topological polar surface area (TPSA) is 127 Å². The number of carboxylic acid groups (broad SMARTS) is 1. The van der Waals surface area contributed by atoms with Crippen LogP contribution in [0.5, 0.6) is 0 Å². The molecule has 8 heteroatoms. The summed E-state index contributed by atoms with van der Waals surface area (Å²) in [6.07, 6.45) is 5.50. The summed E-state index contributed by atoms with van der Waals surface area (Å²) in [5.41, 5.74) is 10.3. The average molecular weight is 407 g/mol. The van der Waals surface area contributed by atoms with Crippen LogP contribution >= 0.6 is 0 Å². The SMILES string of the molecule is CC(=O)O.CCc1cccc2c(-c3nc4ncccc4[nH]c3=O)cn(CCCN)c12. The lowest BCUT2D eigenvalue weighted by molar-refractivity contribution is -0.134. The standard InChI is InChI=1S/C20H21N5O.C2H4O2/c1-2-13-6-3-7-14-15(12-25(18(13)14)11-5-9-21)17-20(26)23-16-8-4-10-22-19(16)24-17;1-2(3)4/h3-4,6-8,10,12H,2,5,9,11,21H2,1H3,(H,23,26);1H3,(H,3,4). The van der Waals surface area contributed by atoms with Crippen LogP contribution in [0.2, 0.25) is 0 Å². The second-order valence-electron chi connectivity index (χ2n) is 6.85. The van der Waals surface area contributed by atoms with Crippen molar-refractivity contribution in [1.82, 2.24) is 19.5 Å². The molecule has 0 aliphatic carbocycles. The van der Waals surface area contributed by atoms with Crippen LogP contribution in [0.4, 0.5) is 0 Å². The van der Waals surface area contributed by atoms with Crippen molar-refractivity contribution < 1.29 is 9.90 Å². The lowest BCUT2D eigenvalue weighted by Crippen LogP contribution is -2.11. The number of aryl methyl sites for hydroxylation is 2. The van der Waals surface area contributed by atoms with E-state index in [1.807, 2.05) is 18.3 Å². The van der Waals surface area contributed by atoms with E-state index in [1.165, 1.54) is 5.56 Å². The minimum atomic E-state index is -0.833. The third-order valence-corrected chi connectivity index (χ3v) is 4.69. The number of fused-ring (bicyclic) bond motifs is 2. The van der Waals surface area contributed by atoms with Crippen LogP contribution in [0.15, 0.2) is 47.5 Å². The summed E-state index contributed by atoms with van der Waals surface area (Å²) in [4.78, 5) is 33.4. The molecule has 0 fully saturated rings. The van der Waals surface area contributed by atoms with Gasteiger partial charge < -0.3 is 20.4 Å². The van der Waals surface area contributed by atoms with Gasteiger partial charge in [0, 0.05) is 36.8 Å². The zero-order chi connectivity index (χ0) is 21.7. The maximum absolute atomic E-state index is 12.7. The highest BCUT2D eigenvalue weighted by Crippen LogP contribution is 2.31. The number of aliphatic carboxylic acids is 1. The van der Waals surface area contributed by atoms with Gasteiger partial charge in [-0.25, -0.2) is 9.97 Å². The molecule has 0 saturated carbocycles. The maximum atomic E-state index is 12.7. The molecule has 0 aliphatic rings. The molecular formula is C22H25N5O3. The second kappa shape index (κ2) is 9.32. The number of aromatic nitrogens is 4. The third kappa shape index (κ3) is 4.38. The number of nitrogens with two attached hydrogens (primary N) is 1. The van der Waals surface area contributed by atoms with Crippen LogP contribution in [0.3, 0.4) is 0 Å². The van der Waals surface area contributed by atoms with Gasteiger partial charge in [0.1, 0.15) is 5.69 Å². The van der Waals surface area contributed by atoms with E-state index in [-0.39, 0.29) is 5.56 Å². The summed E-state index contributed by atoms with van der Waals surface area (Å²) in [5.74, 6) is -0.833. The summed E-state index contributed by atoms with van der Waals surface area (Å²) in [5, 5.41) is 8.45. The van der Waals surface area contributed by atoms with Gasteiger partial charge in [-0.1, -0.05) is 25.1 Å².